The van der Waals surface area contributed by atoms with E-state index in [4.69, 9.17) is 0 Å². The fraction of sp³-hybridized carbons (Fsp3) is 0.778. The highest BCUT2D eigenvalue weighted by Crippen LogP contribution is 2.30. The summed E-state index contributed by atoms with van der Waals surface area (Å²) in [6, 6.07) is 0. The van der Waals surface area contributed by atoms with Crippen LogP contribution in [0.2, 0.25) is 0 Å². The largest absolute Gasteiger partial charge is 0.434 e. The second kappa shape index (κ2) is 5.46. The van der Waals surface area contributed by atoms with E-state index in [9.17, 15) is 13.2 Å². The van der Waals surface area contributed by atoms with Gasteiger partial charge in [-0.15, -0.1) is 5.10 Å². The van der Waals surface area contributed by atoms with Crippen molar-refractivity contribution in [2.24, 2.45) is 0 Å². The molecule has 1 aromatic heterocycles. The molecule has 1 rings (SSSR count). The zero-order chi connectivity index (χ0) is 13.1. The molecule has 1 aromatic rings. The smallest absolute Gasteiger partial charge is 0.314 e. The third-order valence-electron chi connectivity index (χ3n) is 2.18. The zero-order valence-corrected chi connectivity index (χ0v) is 10.0. The van der Waals surface area contributed by atoms with Crippen molar-refractivity contribution in [2.45, 2.75) is 19.3 Å². The summed E-state index contributed by atoms with van der Waals surface area (Å²) in [6.07, 6.45) is -4.43. The first-order valence-corrected chi connectivity index (χ1v) is 5.15. The molecule has 1 N–H and O–H groups in total. The molecule has 5 nitrogen and oxygen atoms in total. The van der Waals surface area contributed by atoms with Crippen LogP contribution in [0.5, 0.6) is 0 Å². The first-order valence-electron chi connectivity index (χ1n) is 5.15. The van der Waals surface area contributed by atoms with Gasteiger partial charge >= 0.3 is 6.18 Å². The van der Waals surface area contributed by atoms with Crippen LogP contribution >= 0.6 is 0 Å². The van der Waals surface area contributed by atoms with Gasteiger partial charge in [-0.1, -0.05) is 5.21 Å². The second-order valence-corrected chi connectivity index (χ2v) is 3.94. The fourth-order valence-corrected chi connectivity index (χ4v) is 1.40. The number of likely N-dealkylation sites (N-methyl/N-ethyl adjacent to an activating group) is 1. The molecule has 98 valence electrons. The number of aromatic nitrogens is 3. The number of halogens is 3. The van der Waals surface area contributed by atoms with Crippen molar-refractivity contribution in [1.82, 2.24) is 25.2 Å². The van der Waals surface area contributed by atoms with Crippen LogP contribution in [0.4, 0.5) is 13.2 Å². The van der Waals surface area contributed by atoms with Gasteiger partial charge in [0.15, 0.2) is 5.69 Å². The van der Waals surface area contributed by atoms with E-state index in [1.54, 1.807) is 26.0 Å². The Bertz CT molecular complexity index is 358. The van der Waals surface area contributed by atoms with Gasteiger partial charge in [0.05, 0.1) is 6.54 Å². The number of alkyl halides is 3. The quantitative estimate of drug-likeness (QED) is 0.831. The second-order valence-electron chi connectivity index (χ2n) is 3.94. The lowest BCUT2D eigenvalue weighted by Crippen LogP contribution is -2.24. The monoisotopic (exact) mass is 251 g/mol. The highest BCUT2D eigenvalue weighted by molar-refractivity contribution is 5.13. The van der Waals surface area contributed by atoms with Gasteiger partial charge in [0.1, 0.15) is 5.69 Å². The van der Waals surface area contributed by atoms with Gasteiger partial charge in [0.25, 0.3) is 0 Å². The molecule has 0 saturated carbocycles. The molecule has 0 spiro atoms. The van der Waals surface area contributed by atoms with E-state index >= 15 is 0 Å². The molecule has 0 saturated heterocycles. The number of nitrogens with one attached hydrogen (secondary N) is 1. The van der Waals surface area contributed by atoms with Crippen molar-refractivity contribution < 1.29 is 13.2 Å². The summed E-state index contributed by atoms with van der Waals surface area (Å²) >= 11 is 0. The number of hydrogen-bond acceptors (Lipinski definition) is 4. The maximum Gasteiger partial charge on any atom is 0.434 e. The molecule has 0 atom stereocenters. The van der Waals surface area contributed by atoms with E-state index in [2.05, 4.69) is 15.6 Å². The van der Waals surface area contributed by atoms with Crippen molar-refractivity contribution in [3.63, 3.8) is 0 Å². The summed E-state index contributed by atoms with van der Waals surface area (Å²) in [7, 11) is 5.15. The standard InChI is InChI=1S/C9H16F3N5/c1-13-6-7-8(9(10,11)12)17(15-14-7)5-4-16(2)3/h13H,4-6H2,1-3H3. The third kappa shape index (κ3) is 3.67. The summed E-state index contributed by atoms with van der Waals surface area (Å²) in [5.41, 5.74) is -0.840. The van der Waals surface area contributed by atoms with Crippen LogP contribution in [0.25, 0.3) is 0 Å². The summed E-state index contributed by atoms with van der Waals surface area (Å²) in [5.74, 6) is 0. The van der Waals surface area contributed by atoms with Crippen molar-refractivity contribution in [1.29, 1.82) is 0 Å². The Labute approximate surface area is 97.6 Å². The Morgan fingerprint density at radius 2 is 2.00 bits per heavy atom. The van der Waals surface area contributed by atoms with Crippen LogP contribution in [0.15, 0.2) is 0 Å². The molecular weight excluding hydrogens is 235 g/mol. The summed E-state index contributed by atoms with van der Waals surface area (Å²) in [6.45, 7) is 0.695. The zero-order valence-electron chi connectivity index (χ0n) is 10.0. The molecule has 0 radical (unpaired) electrons. The van der Waals surface area contributed by atoms with Gasteiger partial charge in [-0.3, -0.25) is 0 Å². The van der Waals surface area contributed by atoms with Crippen LogP contribution in [0.1, 0.15) is 11.4 Å². The van der Waals surface area contributed by atoms with E-state index < -0.39 is 11.9 Å². The highest BCUT2D eigenvalue weighted by Gasteiger charge is 2.38. The molecule has 0 bridgehead atoms. The molecular formula is C9H16F3N5. The van der Waals surface area contributed by atoms with Crippen molar-refractivity contribution >= 4 is 0 Å². The Kier molecular flexibility index (Phi) is 4.47. The highest BCUT2D eigenvalue weighted by atomic mass is 19.4. The van der Waals surface area contributed by atoms with Gasteiger partial charge in [0.2, 0.25) is 0 Å². The maximum atomic E-state index is 12.8. The van der Waals surface area contributed by atoms with Crippen LogP contribution in [0.3, 0.4) is 0 Å². The minimum Gasteiger partial charge on any atom is -0.314 e. The Balaban J connectivity index is 2.97. The lowest BCUT2D eigenvalue weighted by Gasteiger charge is -2.13. The maximum absolute atomic E-state index is 12.8. The number of rotatable bonds is 5. The van der Waals surface area contributed by atoms with Gasteiger partial charge in [-0.05, 0) is 21.1 Å². The molecule has 0 aliphatic heterocycles. The van der Waals surface area contributed by atoms with Gasteiger partial charge < -0.3 is 10.2 Å². The summed E-state index contributed by atoms with van der Waals surface area (Å²) in [4.78, 5) is 1.79. The van der Waals surface area contributed by atoms with E-state index in [0.29, 0.717) is 6.54 Å². The third-order valence-corrected chi connectivity index (χ3v) is 2.18. The Morgan fingerprint density at radius 3 is 2.47 bits per heavy atom. The van der Waals surface area contributed by atoms with E-state index in [1.165, 1.54) is 0 Å². The molecule has 0 aliphatic rings. The van der Waals surface area contributed by atoms with Crippen LogP contribution in [-0.2, 0) is 19.3 Å². The molecule has 0 fully saturated rings. The van der Waals surface area contributed by atoms with Gasteiger partial charge in [-0.2, -0.15) is 13.2 Å². The van der Waals surface area contributed by atoms with E-state index in [0.717, 1.165) is 4.68 Å². The summed E-state index contributed by atoms with van der Waals surface area (Å²) in [5, 5.41) is 9.76. The van der Waals surface area contributed by atoms with Crippen LogP contribution in [-0.4, -0.2) is 47.6 Å². The van der Waals surface area contributed by atoms with E-state index in [-0.39, 0.29) is 18.8 Å². The lowest BCUT2D eigenvalue weighted by atomic mass is 10.3. The lowest BCUT2D eigenvalue weighted by molar-refractivity contribution is -0.145. The molecule has 0 unspecified atom stereocenters. The topological polar surface area (TPSA) is 46.0 Å². The fourth-order valence-electron chi connectivity index (χ4n) is 1.40. The Hall–Kier alpha value is -1.15. The minimum absolute atomic E-state index is 0.0524. The predicted octanol–water partition coefficient (Wildman–Crippen LogP) is 0.578. The molecule has 1 heterocycles. The molecule has 0 amide bonds. The first kappa shape index (κ1) is 13.9. The van der Waals surface area contributed by atoms with Crippen molar-refractivity contribution in [3.8, 4) is 0 Å². The SMILES string of the molecule is CNCc1nnn(CCN(C)C)c1C(F)(F)F. The molecule has 0 aliphatic carbocycles. The van der Waals surface area contributed by atoms with Gasteiger partial charge in [-0.25, -0.2) is 4.68 Å². The first-order chi connectivity index (χ1) is 7.86. The van der Waals surface area contributed by atoms with E-state index in [1.807, 2.05) is 0 Å². The number of hydrogen-bond donors (Lipinski definition) is 1. The minimum atomic E-state index is -4.43. The van der Waals surface area contributed by atoms with Gasteiger partial charge in [0, 0.05) is 13.1 Å². The molecule has 17 heavy (non-hydrogen) atoms. The predicted molar refractivity (Wildman–Crippen MR) is 56.3 cm³/mol. The van der Waals surface area contributed by atoms with Crippen molar-refractivity contribution in [2.75, 3.05) is 27.7 Å². The average molecular weight is 251 g/mol. The summed E-state index contributed by atoms with van der Waals surface area (Å²) < 4.78 is 39.5. The normalized spacial score (nSPS) is 12.4. The van der Waals surface area contributed by atoms with Crippen LogP contribution in [0, 0.1) is 0 Å². The number of nitrogens with zero attached hydrogens (tertiary/aromatic N) is 4. The molecule has 0 aromatic carbocycles. The van der Waals surface area contributed by atoms with Crippen molar-refractivity contribution in [3.05, 3.63) is 11.4 Å². The molecule has 8 heteroatoms. The average Bonchev–Trinajstić information content (AvgIpc) is 2.58. The van der Waals surface area contributed by atoms with Crippen LogP contribution < -0.4 is 5.32 Å². The Morgan fingerprint density at radius 1 is 1.35 bits per heavy atom.